The minimum Gasteiger partial charge on any atom is -0.508 e. The topological polar surface area (TPSA) is 99.0 Å². The first-order valence-electron chi connectivity index (χ1n) is 6.03. The Balaban J connectivity index is 2.24. The number of aromatic hydroxyl groups is 2. The van der Waals surface area contributed by atoms with Gasteiger partial charge < -0.3 is 10.2 Å². The molecule has 7 heteroatoms. The Hall–Kier alpha value is -2.54. The van der Waals surface area contributed by atoms with E-state index in [0.29, 0.717) is 5.56 Å². The van der Waals surface area contributed by atoms with Crippen molar-refractivity contribution in [2.24, 2.45) is 5.10 Å². The second-order valence-electron chi connectivity index (χ2n) is 4.31. The molecule has 21 heavy (non-hydrogen) atoms. The molecule has 0 saturated carbocycles. The highest BCUT2D eigenvalue weighted by Crippen LogP contribution is 2.23. The van der Waals surface area contributed by atoms with Gasteiger partial charge >= 0.3 is 0 Å². The third kappa shape index (κ3) is 3.51. The zero-order chi connectivity index (χ0) is 15.5. The first-order chi connectivity index (χ1) is 9.90. The number of rotatable bonds is 4. The van der Waals surface area contributed by atoms with E-state index in [1.54, 1.807) is 25.1 Å². The van der Waals surface area contributed by atoms with Gasteiger partial charge in [0, 0.05) is 11.6 Å². The molecule has 0 atom stereocenters. The monoisotopic (exact) mass is 306 g/mol. The summed E-state index contributed by atoms with van der Waals surface area (Å²) in [5.74, 6) is -0.274. The quantitative estimate of drug-likeness (QED) is 0.592. The summed E-state index contributed by atoms with van der Waals surface area (Å²) in [4.78, 5) is 2.20. The molecular formula is C14H14N2O4S. The van der Waals surface area contributed by atoms with Crippen molar-refractivity contribution in [3.05, 3.63) is 54.1 Å². The number of phenolic OH excluding ortho intramolecular Hbond substituents is 2. The van der Waals surface area contributed by atoms with Crippen LogP contribution in [0.3, 0.4) is 0 Å². The number of benzene rings is 2. The Morgan fingerprint density at radius 1 is 1.10 bits per heavy atom. The molecule has 0 radical (unpaired) electrons. The number of nitrogens with one attached hydrogen (secondary N) is 1. The third-order valence-electron chi connectivity index (χ3n) is 2.76. The van der Waals surface area contributed by atoms with Crippen LogP contribution in [-0.2, 0) is 10.0 Å². The van der Waals surface area contributed by atoms with Gasteiger partial charge in [-0.05, 0) is 31.2 Å². The minimum atomic E-state index is -3.75. The number of hydrogen-bond donors (Lipinski definition) is 3. The van der Waals surface area contributed by atoms with E-state index in [-0.39, 0.29) is 22.1 Å². The molecule has 0 aliphatic carbocycles. The molecule has 0 fully saturated rings. The van der Waals surface area contributed by atoms with Gasteiger partial charge in [0.05, 0.1) is 10.6 Å². The number of hydrogen-bond acceptors (Lipinski definition) is 5. The summed E-state index contributed by atoms with van der Waals surface area (Å²) in [5.41, 5.74) is 0.593. The van der Waals surface area contributed by atoms with Crippen molar-refractivity contribution in [1.29, 1.82) is 0 Å². The summed E-state index contributed by atoms with van der Waals surface area (Å²) in [5, 5.41) is 22.7. The van der Waals surface area contributed by atoms with Crippen LogP contribution in [0.4, 0.5) is 0 Å². The Kier molecular flexibility index (Phi) is 4.13. The Labute approximate surface area is 122 Å². The lowest BCUT2D eigenvalue weighted by Gasteiger charge is -2.07. The maximum atomic E-state index is 12.0. The molecule has 0 bridgehead atoms. The van der Waals surface area contributed by atoms with Crippen molar-refractivity contribution in [3.8, 4) is 11.5 Å². The van der Waals surface area contributed by atoms with E-state index in [1.807, 2.05) is 0 Å². The van der Waals surface area contributed by atoms with Crippen molar-refractivity contribution in [3.63, 3.8) is 0 Å². The van der Waals surface area contributed by atoms with Gasteiger partial charge in [-0.3, -0.25) is 0 Å². The smallest absolute Gasteiger partial charge is 0.276 e. The van der Waals surface area contributed by atoms with E-state index in [4.69, 9.17) is 0 Å². The molecule has 0 amide bonds. The zero-order valence-electron chi connectivity index (χ0n) is 11.2. The standard InChI is InChI=1S/C14H14N2O4S/c1-10(13-8-7-11(17)9-14(13)18)15-16-21(19,20)12-5-3-2-4-6-12/h2-9,16-18H,1H3/b15-10-. The SMILES string of the molecule is C/C(=N/NS(=O)(=O)c1ccccc1)c1ccc(O)cc1O. The van der Waals surface area contributed by atoms with Crippen molar-refractivity contribution < 1.29 is 18.6 Å². The summed E-state index contributed by atoms with van der Waals surface area (Å²) in [7, 11) is -3.75. The van der Waals surface area contributed by atoms with Crippen LogP contribution >= 0.6 is 0 Å². The van der Waals surface area contributed by atoms with Gasteiger partial charge in [-0.2, -0.15) is 18.4 Å². The van der Waals surface area contributed by atoms with Crippen LogP contribution in [-0.4, -0.2) is 24.3 Å². The van der Waals surface area contributed by atoms with Gasteiger partial charge in [0.1, 0.15) is 11.5 Å². The summed E-state index contributed by atoms with van der Waals surface area (Å²) in [6.07, 6.45) is 0. The Morgan fingerprint density at radius 3 is 2.38 bits per heavy atom. The second kappa shape index (κ2) is 5.84. The number of hydrazone groups is 1. The third-order valence-corrected chi connectivity index (χ3v) is 3.98. The number of sulfonamides is 1. The fourth-order valence-electron chi connectivity index (χ4n) is 1.67. The molecule has 0 saturated heterocycles. The van der Waals surface area contributed by atoms with Crippen molar-refractivity contribution in [1.82, 2.24) is 4.83 Å². The fourth-order valence-corrected chi connectivity index (χ4v) is 2.55. The molecule has 2 rings (SSSR count). The minimum absolute atomic E-state index is 0.0890. The molecule has 110 valence electrons. The van der Waals surface area contributed by atoms with Crippen LogP contribution in [0.25, 0.3) is 0 Å². The Bertz CT molecular complexity index is 771. The number of phenols is 2. The van der Waals surface area contributed by atoms with E-state index in [2.05, 4.69) is 9.93 Å². The molecule has 0 aliphatic heterocycles. The lowest BCUT2D eigenvalue weighted by atomic mass is 10.1. The fraction of sp³-hybridized carbons (Fsp3) is 0.0714. The Morgan fingerprint density at radius 2 is 1.76 bits per heavy atom. The van der Waals surface area contributed by atoms with E-state index in [1.165, 1.54) is 24.3 Å². The highest BCUT2D eigenvalue weighted by Gasteiger charge is 2.13. The first-order valence-corrected chi connectivity index (χ1v) is 7.52. The predicted molar refractivity (Wildman–Crippen MR) is 78.7 cm³/mol. The summed E-state index contributed by atoms with van der Waals surface area (Å²) in [6, 6.07) is 11.8. The van der Waals surface area contributed by atoms with Crippen LogP contribution in [0.2, 0.25) is 0 Å². The van der Waals surface area contributed by atoms with E-state index < -0.39 is 10.0 Å². The van der Waals surface area contributed by atoms with Crippen molar-refractivity contribution >= 4 is 15.7 Å². The lowest BCUT2D eigenvalue weighted by Crippen LogP contribution is -2.19. The molecule has 0 spiro atoms. The average Bonchev–Trinajstić information content (AvgIpc) is 2.46. The van der Waals surface area contributed by atoms with Gasteiger partial charge in [-0.1, -0.05) is 18.2 Å². The molecule has 0 heterocycles. The lowest BCUT2D eigenvalue weighted by molar-refractivity contribution is 0.450. The first kappa shape index (κ1) is 14.9. The largest absolute Gasteiger partial charge is 0.508 e. The van der Waals surface area contributed by atoms with Crippen LogP contribution in [0.1, 0.15) is 12.5 Å². The zero-order valence-corrected chi connectivity index (χ0v) is 12.0. The van der Waals surface area contributed by atoms with Crippen molar-refractivity contribution in [2.45, 2.75) is 11.8 Å². The molecule has 0 aliphatic rings. The maximum Gasteiger partial charge on any atom is 0.276 e. The van der Waals surface area contributed by atoms with Gasteiger partial charge in [0.25, 0.3) is 10.0 Å². The van der Waals surface area contributed by atoms with Gasteiger partial charge in [0.2, 0.25) is 0 Å². The molecule has 2 aromatic rings. The second-order valence-corrected chi connectivity index (χ2v) is 5.97. The predicted octanol–water partition coefficient (Wildman–Crippen LogP) is 1.80. The summed E-state index contributed by atoms with van der Waals surface area (Å²) >= 11 is 0. The van der Waals surface area contributed by atoms with Crippen LogP contribution < -0.4 is 4.83 Å². The van der Waals surface area contributed by atoms with Crippen molar-refractivity contribution in [2.75, 3.05) is 0 Å². The molecule has 6 nitrogen and oxygen atoms in total. The molecule has 0 aromatic heterocycles. The molecule has 2 aromatic carbocycles. The molecule has 3 N–H and O–H groups in total. The molecular weight excluding hydrogens is 292 g/mol. The average molecular weight is 306 g/mol. The van der Waals surface area contributed by atoms with Gasteiger partial charge in [-0.25, -0.2) is 0 Å². The van der Waals surface area contributed by atoms with Crippen LogP contribution in [0.5, 0.6) is 11.5 Å². The van der Waals surface area contributed by atoms with E-state index in [9.17, 15) is 18.6 Å². The highest BCUT2D eigenvalue weighted by atomic mass is 32.2. The van der Waals surface area contributed by atoms with Crippen LogP contribution in [0.15, 0.2) is 58.5 Å². The summed E-state index contributed by atoms with van der Waals surface area (Å²) in [6.45, 7) is 1.54. The van der Waals surface area contributed by atoms with E-state index in [0.717, 1.165) is 6.07 Å². The van der Waals surface area contributed by atoms with E-state index >= 15 is 0 Å². The normalized spacial score (nSPS) is 12.1. The number of nitrogens with zero attached hydrogens (tertiary/aromatic N) is 1. The maximum absolute atomic E-state index is 12.0. The summed E-state index contributed by atoms with van der Waals surface area (Å²) < 4.78 is 24.0. The highest BCUT2D eigenvalue weighted by molar-refractivity contribution is 7.89. The van der Waals surface area contributed by atoms with Crippen LogP contribution in [0, 0.1) is 0 Å². The van der Waals surface area contributed by atoms with Gasteiger partial charge in [0.15, 0.2) is 0 Å². The van der Waals surface area contributed by atoms with Gasteiger partial charge in [-0.15, -0.1) is 0 Å². The molecule has 0 unspecified atom stereocenters.